The molecule has 0 saturated carbocycles. The van der Waals surface area contributed by atoms with Gasteiger partial charge in [0.1, 0.15) is 12.2 Å². The number of benzene rings is 1. The zero-order valence-electron chi connectivity index (χ0n) is 20.9. The molecule has 0 amide bonds. The molecule has 6 rings (SSSR count). The predicted molar refractivity (Wildman–Crippen MR) is 140 cm³/mol. The maximum Gasteiger partial charge on any atom is 0.326 e. The highest BCUT2D eigenvalue weighted by atomic mass is 16.1. The minimum atomic E-state index is -0.0395. The number of anilines is 1. The lowest BCUT2D eigenvalue weighted by atomic mass is 10.0. The van der Waals surface area contributed by atoms with Crippen LogP contribution in [0.15, 0.2) is 47.8 Å². The summed E-state index contributed by atoms with van der Waals surface area (Å²) in [4.78, 5) is 32.1. The molecule has 0 atom stereocenters. The van der Waals surface area contributed by atoms with Crippen molar-refractivity contribution in [3.8, 4) is 11.4 Å². The lowest BCUT2D eigenvalue weighted by Crippen LogP contribution is -2.37. The summed E-state index contributed by atoms with van der Waals surface area (Å²) in [6.45, 7) is 6.92. The smallest absolute Gasteiger partial charge is 0.326 e. The van der Waals surface area contributed by atoms with Crippen molar-refractivity contribution in [2.24, 2.45) is 13.0 Å². The number of piperidine rings is 1. The van der Waals surface area contributed by atoms with E-state index in [1.54, 1.807) is 6.33 Å². The summed E-state index contributed by atoms with van der Waals surface area (Å²) >= 11 is 0. The van der Waals surface area contributed by atoms with Gasteiger partial charge in [0, 0.05) is 38.9 Å². The molecule has 1 aliphatic heterocycles. The van der Waals surface area contributed by atoms with Gasteiger partial charge in [-0.2, -0.15) is 5.10 Å². The monoisotopic (exact) mass is 485 g/mol. The second kappa shape index (κ2) is 8.92. The molecule has 0 radical (unpaired) electrons. The summed E-state index contributed by atoms with van der Waals surface area (Å²) in [5.74, 6) is 2.31. The Morgan fingerprint density at radius 2 is 1.94 bits per heavy atom. The van der Waals surface area contributed by atoms with Gasteiger partial charge in [0.15, 0.2) is 17.0 Å². The summed E-state index contributed by atoms with van der Waals surface area (Å²) in [5, 5.41) is 4.54. The van der Waals surface area contributed by atoms with Crippen LogP contribution in [0.5, 0.6) is 0 Å². The summed E-state index contributed by atoms with van der Waals surface area (Å²) in [6.07, 6.45) is 8.34. The average Bonchev–Trinajstić information content (AvgIpc) is 3.58. The molecular formula is C26H31N9O. The average molecular weight is 486 g/mol. The van der Waals surface area contributed by atoms with Gasteiger partial charge in [-0.15, -0.1) is 0 Å². The number of para-hydroxylation sites is 2. The second-order valence-electron chi connectivity index (χ2n) is 10.1. The first-order valence-electron chi connectivity index (χ1n) is 12.6. The molecule has 10 heteroatoms. The Morgan fingerprint density at radius 3 is 2.75 bits per heavy atom. The third-order valence-corrected chi connectivity index (χ3v) is 7.22. The number of aromatic nitrogens is 8. The van der Waals surface area contributed by atoms with Crippen LogP contribution in [0.3, 0.4) is 0 Å². The number of rotatable bonds is 6. The maximum absolute atomic E-state index is 12.7. The van der Waals surface area contributed by atoms with Gasteiger partial charge >= 0.3 is 5.69 Å². The molecule has 1 aliphatic rings. The fourth-order valence-corrected chi connectivity index (χ4v) is 5.24. The number of aryl methyl sites for hydroxylation is 2. The fourth-order valence-electron chi connectivity index (χ4n) is 5.24. The molecule has 0 bridgehead atoms. The van der Waals surface area contributed by atoms with Crippen LogP contribution >= 0.6 is 0 Å². The molecule has 10 nitrogen and oxygen atoms in total. The normalized spacial score (nSPS) is 15.1. The summed E-state index contributed by atoms with van der Waals surface area (Å²) < 4.78 is 5.92. The van der Waals surface area contributed by atoms with E-state index in [9.17, 15) is 4.79 Å². The third kappa shape index (κ3) is 3.86. The number of nitrogens with zero attached hydrogens (tertiary/aromatic N) is 8. The second-order valence-corrected chi connectivity index (χ2v) is 10.1. The number of imidazole rings is 2. The Kier molecular flexibility index (Phi) is 5.58. The Morgan fingerprint density at radius 1 is 1.14 bits per heavy atom. The molecule has 5 heterocycles. The van der Waals surface area contributed by atoms with Crippen LogP contribution in [-0.2, 0) is 13.6 Å². The van der Waals surface area contributed by atoms with Crippen molar-refractivity contribution in [1.29, 1.82) is 0 Å². The van der Waals surface area contributed by atoms with Gasteiger partial charge in [-0.1, -0.05) is 26.0 Å². The molecule has 5 aromatic rings. The van der Waals surface area contributed by atoms with E-state index >= 15 is 0 Å². The minimum Gasteiger partial charge on any atom is -0.355 e. The van der Waals surface area contributed by atoms with Crippen molar-refractivity contribution in [3.63, 3.8) is 0 Å². The third-order valence-electron chi connectivity index (χ3n) is 7.22. The van der Waals surface area contributed by atoms with Gasteiger partial charge < -0.3 is 14.5 Å². The summed E-state index contributed by atoms with van der Waals surface area (Å²) in [5.41, 5.74) is 4.39. The van der Waals surface area contributed by atoms with E-state index in [4.69, 9.17) is 4.98 Å². The predicted octanol–water partition coefficient (Wildman–Crippen LogP) is 3.76. The topological polar surface area (TPSA) is 102 Å². The lowest BCUT2D eigenvalue weighted by Gasteiger charge is -2.33. The molecule has 36 heavy (non-hydrogen) atoms. The molecule has 1 N–H and O–H groups in total. The van der Waals surface area contributed by atoms with Gasteiger partial charge in [0.2, 0.25) is 0 Å². The van der Waals surface area contributed by atoms with Crippen LogP contribution in [0, 0.1) is 5.92 Å². The molecule has 4 aromatic heterocycles. The van der Waals surface area contributed by atoms with Gasteiger partial charge in [0.25, 0.3) is 0 Å². The van der Waals surface area contributed by atoms with Crippen molar-refractivity contribution in [2.75, 3.05) is 18.0 Å². The zero-order valence-corrected chi connectivity index (χ0v) is 20.9. The van der Waals surface area contributed by atoms with E-state index < -0.39 is 0 Å². The Bertz CT molecular complexity index is 1580. The Balaban J connectivity index is 1.26. The van der Waals surface area contributed by atoms with E-state index in [-0.39, 0.29) is 11.7 Å². The largest absolute Gasteiger partial charge is 0.355 e. The van der Waals surface area contributed by atoms with Crippen molar-refractivity contribution in [1.82, 2.24) is 38.9 Å². The number of fused-ring (bicyclic) bond motifs is 2. The first kappa shape index (κ1) is 22.5. The van der Waals surface area contributed by atoms with Crippen molar-refractivity contribution < 1.29 is 0 Å². The fraction of sp³-hybridized carbons (Fsp3) is 0.423. The van der Waals surface area contributed by atoms with Gasteiger partial charge in [-0.25, -0.2) is 19.7 Å². The molecule has 186 valence electrons. The SMILES string of the molecule is CC(C)CCn1cc(-c2nc3c(N4CCC(n5c(=O)[nH]c6ccccc65)CC4)ncnc3n2C)cn1. The molecule has 1 aromatic carbocycles. The van der Waals surface area contributed by atoms with Crippen LogP contribution in [0.1, 0.15) is 39.2 Å². The Hall–Kier alpha value is -3.95. The number of nitrogens with one attached hydrogen (secondary N) is 1. The molecule has 0 spiro atoms. The molecule has 0 unspecified atom stereocenters. The summed E-state index contributed by atoms with van der Waals surface area (Å²) in [6, 6.07) is 8.04. The zero-order chi connectivity index (χ0) is 24.8. The highest BCUT2D eigenvalue weighted by molar-refractivity contribution is 5.86. The van der Waals surface area contributed by atoms with Crippen LogP contribution < -0.4 is 10.6 Å². The molecule has 0 aliphatic carbocycles. The highest BCUT2D eigenvalue weighted by Gasteiger charge is 2.27. The van der Waals surface area contributed by atoms with Crippen LogP contribution in [0.25, 0.3) is 33.6 Å². The van der Waals surface area contributed by atoms with Crippen molar-refractivity contribution in [2.45, 2.75) is 45.7 Å². The molecule has 1 fully saturated rings. The number of H-pyrrole nitrogens is 1. The number of hydrogen-bond acceptors (Lipinski definition) is 6. The van der Waals surface area contributed by atoms with E-state index in [1.165, 1.54) is 0 Å². The first-order valence-corrected chi connectivity index (χ1v) is 12.6. The van der Waals surface area contributed by atoms with Gasteiger partial charge in [-0.05, 0) is 37.3 Å². The van der Waals surface area contributed by atoms with Crippen LogP contribution in [0.2, 0.25) is 0 Å². The van der Waals surface area contributed by atoms with Crippen LogP contribution in [0.4, 0.5) is 5.82 Å². The van der Waals surface area contributed by atoms with Crippen molar-refractivity contribution >= 4 is 28.0 Å². The van der Waals surface area contributed by atoms with E-state index in [2.05, 4.69) is 45.0 Å². The highest BCUT2D eigenvalue weighted by Crippen LogP contribution is 2.31. The quantitative estimate of drug-likeness (QED) is 0.393. The minimum absolute atomic E-state index is 0.0395. The number of hydrogen-bond donors (Lipinski definition) is 1. The standard InChI is InChI=1S/C26H31N9O/c1-17(2)8-13-34-15-18(14-29-34)23-31-22-24(32(23)3)27-16-28-25(22)33-11-9-19(10-12-33)35-21-7-5-4-6-20(21)30-26(35)36/h4-7,14-17,19H,8-13H2,1-3H3,(H,30,36). The van der Waals surface area contributed by atoms with E-state index in [1.807, 2.05) is 51.3 Å². The van der Waals surface area contributed by atoms with Crippen LogP contribution in [-0.4, -0.2) is 51.9 Å². The van der Waals surface area contributed by atoms with Crippen molar-refractivity contribution in [3.05, 3.63) is 53.5 Å². The van der Waals surface area contributed by atoms with Gasteiger partial charge in [0.05, 0.1) is 22.8 Å². The first-order chi connectivity index (χ1) is 17.5. The maximum atomic E-state index is 12.7. The van der Waals surface area contributed by atoms with E-state index in [0.717, 1.165) is 78.3 Å². The lowest BCUT2D eigenvalue weighted by molar-refractivity contribution is 0.395. The molecular weight excluding hydrogens is 454 g/mol. The Labute approximate surface area is 208 Å². The molecule has 1 saturated heterocycles. The summed E-state index contributed by atoms with van der Waals surface area (Å²) in [7, 11) is 1.99. The number of aromatic amines is 1. The van der Waals surface area contributed by atoms with Gasteiger partial charge in [-0.3, -0.25) is 9.25 Å². The van der Waals surface area contributed by atoms with E-state index in [0.29, 0.717) is 5.92 Å².